The summed E-state index contributed by atoms with van der Waals surface area (Å²) in [5.74, 6) is 0.768. The average Bonchev–Trinajstić information content (AvgIpc) is 3.08. The van der Waals surface area contributed by atoms with Gasteiger partial charge in [0.2, 0.25) is 0 Å². The van der Waals surface area contributed by atoms with Crippen LogP contribution in [0.4, 0.5) is 4.39 Å². The summed E-state index contributed by atoms with van der Waals surface area (Å²) in [5, 5.41) is 3.57. The Morgan fingerprint density at radius 3 is 2.75 bits per heavy atom. The van der Waals surface area contributed by atoms with Gasteiger partial charge in [-0.05, 0) is 49.3 Å². The molecule has 1 aromatic carbocycles. The molecule has 0 bridgehead atoms. The van der Waals surface area contributed by atoms with Crippen LogP contribution >= 0.6 is 0 Å². The van der Waals surface area contributed by atoms with E-state index in [0.717, 1.165) is 18.0 Å². The number of rotatable bonds is 5. The number of benzene rings is 1. The molecule has 2 rings (SSSR count). The van der Waals surface area contributed by atoms with Crippen LogP contribution in [0.3, 0.4) is 0 Å². The third-order valence-corrected chi connectivity index (χ3v) is 3.42. The lowest BCUT2D eigenvalue weighted by molar-refractivity contribution is 0.449. The van der Waals surface area contributed by atoms with Gasteiger partial charge in [0, 0.05) is 12.6 Å². The van der Waals surface area contributed by atoms with Gasteiger partial charge in [0.05, 0.1) is 0 Å². The van der Waals surface area contributed by atoms with E-state index in [0.29, 0.717) is 6.04 Å². The number of halogens is 1. The van der Waals surface area contributed by atoms with Crippen LogP contribution < -0.4 is 5.32 Å². The van der Waals surface area contributed by atoms with E-state index in [1.54, 1.807) is 6.07 Å². The van der Waals surface area contributed by atoms with Gasteiger partial charge in [0.1, 0.15) is 5.82 Å². The SMILES string of the molecule is CCC(NCc1ccc(F)c(C)c1)C1CC1. The first-order chi connectivity index (χ1) is 7.70. The van der Waals surface area contributed by atoms with Crippen LogP contribution in [-0.4, -0.2) is 6.04 Å². The van der Waals surface area contributed by atoms with Gasteiger partial charge in [-0.15, -0.1) is 0 Å². The van der Waals surface area contributed by atoms with Crippen molar-refractivity contribution in [2.24, 2.45) is 5.92 Å². The third kappa shape index (κ3) is 2.82. The Morgan fingerprint density at radius 2 is 2.19 bits per heavy atom. The maximum Gasteiger partial charge on any atom is 0.126 e. The molecule has 1 aliphatic rings. The van der Waals surface area contributed by atoms with Crippen molar-refractivity contribution in [2.45, 2.75) is 45.7 Å². The summed E-state index contributed by atoms with van der Waals surface area (Å²) in [6.45, 7) is 4.90. The summed E-state index contributed by atoms with van der Waals surface area (Å²) in [4.78, 5) is 0. The van der Waals surface area contributed by atoms with E-state index in [1.807, 2.05) is 19.1 Å². The van der Waals surface area contributed by atoms with Gasteiger partial charge >= 0.3 is 0 Å². The quantitative estimate of drug-likeness (QED) is 0.803. The van der Waals surface area contributed by atoms with Crippen LogP contribution in [0, 0.1) is 18.7 Å². The highest BCUT2D eigenvalue weighted by molar-refractivity contribution is 5.23. The molecule has 1 unspecified atom stereocenters. The Morgan fingerprint density at radius 1 is 1.44 bits per heavy atom. The zero-order chi connectivity index (χ0) is 11.5. The second-order valence-corrected chi connectivity index (χ2v) is 4.82. The Bertz CT molecular complexity index is 358. The van der Waals surface area contributed by atoms with Gasteiger partial charge in [-0.3, -0.25) is 0 Å². The van der Waals surface area contributed by atoms with E-state index in [4.69, 9.17) is 0 Å². The second kappa shape index (κ2) is 4.96. The maximum absolute atomic E-state index is 13.1. The molecule has 1 atom stereocenters. The van der Waals surface area contributed by atoms with E-state index >= 15 is 0 Å². The molecule has 0 spiro atoms. The van der Waals surface area contributed by atoms with Gasteiger partial charge in [-0.2, -0.15) is 0 Å². The fourth-order valence-corrected chi connectivity index (χ4v) is 2.21. The van der Waals surface area contributed by atoms with Crippen LogP contribution in [-0.2, 0) is 6.54 Å². The molecule has 0 amide bonds. The predicted octanol–water partition coefficient (Wildman–Crippen LogP) is 3.41. The monoisotopic (exact) mass is 221 g/mol. The topological polar surface area (TPSA) is 12.0 Å². The fraction of sp³-hybridized carbons (Fsp3) is 0.571. The first-order valence-electron chi connectivity index (χ1n) is 6.19. The number of nitrogens with one attached hydrogen (secondary N) is 1. The maximum atomic E-state index is 13.1. The first kappa shape index (κ1) is 11.6. The smallest absolute Gasteiger partial charge is 0.126 e. The number of hydrogen-bond acceptors (Lipinski definition) is 1. The molecule has 0 radical (unpaired) electrons. The highest BCUT2D eigenvalue weighted by Gasteiger charge is 2.29. The van der Waals surface area contributed by atoms with Crippen LogP contribution in [0.15, 0.2) is 18.2 Å². The molecule has 16 heavy (non-hydrogen) atoms. The van der Waals surface area contributed by atoms with E-state index < -0.39 is 0 Å². The average molecular weight is 221 g/mol. The summed E-state index contributed by atoms with van der Waals surface area (Å²) in [7, 11) is 0. The van der Waals surface area contributed by atoms with Gasteiger partial charge in [0.15, 0.2) is 0 Å². The molecule has 1 aromatic rings. The van der Waals surface area contributed by atoms with E-state index in [2.05, 4.69) is 12.2 Å². The summed E-state index contributed by atoms with van der Waals surface area (Å²) < 4.78 is 13.1. The molecule has 88 valence electrons. The number of aryl methyl sites for hydroxylation is 1. The van der Waals surface area contributed by atoms with Crippen molar-refractivity contribution in [2.75, 3.05) is 0 Å². The lowest BCUT2D eigenvalue weighted by atomic mass is 10.1. The zero-order valence-electron chi connectivity index (χ0n) is 10.1. The van der Waals surface area contributed by atoms with E-state index in [-0.39, 0.29) is 5.82 Å². The standard InChI is InChI=1S/C14H20FN/c1-3-14(12-5-6-12)16-9-11-4-7-13(15)10(2)8-11/h4,7-8,12,14,16H,3,5-6,9H2,1-2H3. The minimum atomic E-state index is -0.113. The molecule has 1 saturated carbocycles. The van der Waals surface area contributed by atoms with Crippen molar-refractivity contribution >= 4 is 0 Å². The molecule has 1 fully saturated rings. The molecular formula is C14H20FN. The van der Waals surface area contributed by atoms with E-state index in [9.17, 15) is 4.39 Å². The Balaban J connectivity index is 1.90. The van der Waals surface area contributed by atoms with Gasteiger partial charge in [-0.1, -0.05) is 19.1 Å². The molecule has 0 saturated heterocycles. The largest absolute Gasteiger partial charge is 0.310 e. The van der Waals surface area contributed by atoms with Crippen molar-refractivity contribution < 1.29 is 4.39 Å². The Kier molecular flexibility index (Phi) is 3.59. The molecule has 0 aliphatic heterocycles. The molecule has 0 heterocycles. The molecule has 0 aromatic heterocycles. The highest BCUT2D eigenvalue weighted by atomic mass is 19.1. The van der Waals surface area contributed by atoms with Crippen molar-refractivity contribution in [1.29, 1.82) is 0 Å². The minimum Gasteiger partial charge on any atom is -0.310 e. The van der Waals surface area contributed by atoms with Crippen molar-refractivity contribution in [3.63, 3.8) is 0 Å². The zero-order valence-corrected chi connectivity index (χ0v) is 10.1. The molecule has 1 N–H and O–H groups in total. The lowest BCUT2D eigenvalue weighted by Gasteiger charge is -2.16. The second-order valence-electron chi connectivity index (χ2n) is 4.82. The summed E-state index contributed by atoms with van der Waals surface area (Å²) >= 11 is 0. The lowest BCUT2D eigenvalue weighted by Crippen LogP contribution is -2.29. The molecule has 1 aliphatic carbocycles. The predicted molar refractivity (Wildman–Crippen MR) is 64.8 cm³/mol. The summed E-state index contributed by atoms with van der Waals surface area (Å²) in [6.07, 6.45) is 3.92. The molecule has 2 heteroatoms. The van der Waals surface area contributed by atoms with Crippen LogP contribution in [0.2, 0.25) is 0 Å². The normalized spacial score (nSPS) is 17.4. The molecular weight excluding hydrogens is 201 g/mol. The van der Waals surface area contributed by atoms with Crippen LogP contribution in [0.1, 0.15) is 37.3 Å². The van der Waals surface area contributed by atoms with Crippen molar-refractivity contribution in [1.82, 2.24) is 5.32 Å². The Hall–Kier alpha value is -0.890. The highest BCUT2D eigenvalue weighted by Crippen LogP contribution is 2.34. The first-order valence-corrected chi connectivity index (χ1v) is 6.19. The Labute approximate surface area is 97.1 Å². The van der Waals surface area contributed by atoms with Gasteiger partial charge in [0.25, 0.3) is 0 Å². The molecule has 1 nitrogen and oxygen atoms in total. The van der Waals surface area contributed by atoms with Crippen LogP contribution in [0.25, 0.3) is 0 Å². The van der Waals surface area contributed by atoms with Crippen LogP contribution in [0.5, 0.6) is 0 Å². The van der Waals surface area contributed by atoms with Gasteiger partial charge < -0.3 is 5.32 Å². The van der Waals surface area contributed by atoms with E-state index in [1.165, 1.54) is 24.8 Å². The third-order valence-electron chi connectivity index (χ3n) is 3.42. The van der Waals surface area contributed by atoms with Crippen molar-refractivity contribution in [3.8, 4) is 0 Å². The summed E-state index contributed by atoms with van der Waals surface area (Å²) in [6, 6.07) is 6.01. The van der Waals surface area contributed by atoms with Gasteiger partial charge in [-0.25, -0.2) is 4.39 Å². The number of hydrogen-bond donors (Lipinski definition) is 1. The fourth-order valence-electron chi connectivity index (χ4n) is 2.21. The van der Waals surface area contributed by atoms with Crippen molar-refractivity contribution in [3.05, 3.63) is 35.1 Å². The minimum absolute atomic E-state index is 0.113. The summed E-state index contributed by atoms with van der Waals surface area (Å²) in [5.41, 5.74) is 1.91.